The minimum absolute atomic E-state index is 0.274. The molecule has 2 heterocycles. The van der Waals surface area contributed by atoms with Gasteiger partial charge in [-0.05, 0) is 18.4 Å². The van der Waals surface area contributed by atoms with Crippen molar-refractivity contribution in [3.63, 3.8) is 0 Å². The molecule has 0 saturated heterocycles. The number of carbonyl (C=O) groups excluding carboxylic acids is 1. The maximum absolute atomic E-state index is 11.9. The van der Waals surface area contributed by atoms with Crippen molar-refractivity contribution < 1.29 is 9.53 Å². The fraction of sp³-hybridized carbons (Fsp3) is 0.333. The summed E-state index contributed by atoms with van der Waals surface area (Å²) in [6.07, 6.45) is 1.69. The first-order chi connectivity index (χ1) is 8.81. The molecule has 2 aromatic rings. The average Bonchev–Trinajstić information content (AvgIpc) is 3.01. The Morgan fingerprint density at radius 3 is 3.00 bits per heavy atom. The number of aromatic nitrogens is 1. The third-order valence-corrected chi connectivity index (χ3v) is 4.00. The Balaban J connectivity index is 2.03. The van der Waals surface area contributed by atoms with Crippen LogP contribution in [0, 0.1) is 0 Å². The van der Waals surface area contributed by atoms with Crippen LogP contribution in [0.3, 0.4) is 0 Å². The highest BCUT2D eigenvalue weighted by Crippen LogP contribution is 2.19. The fourth-order valence-electron chi connectivity index (χ4n) is 1.49. The Bertz CT molecular complexity index is 468. The van der Waals surface area contributed by atoms with Gasteiger partial charge in [0.15, 0.2) is 6.04 Å². The molecular formula is C12H14N2O2S2. The fourth-order valence-corrected chi connectivity index (χ4v) is 2.84. The van der Waals surface area contributed by atoms with Crippen molar-refractivity contribution >= 4 is 28.6 Å². The van der Waals surface area contributed by atoms with Gasteiger partial charge in [-0.25, -0.2) is 9.78 Å². The molecule has 1 atom stereocenters. The predicted molar refractivity (Wildman–Crippen MR) is 72.6 cm³/mol. The van der Waals surface area contributed by atoms with E-state index in [1.165, 1.54) is 16.2 Å². The lowest BCUT2D eigenvalue weighted by Crippen LogP contribution is -2.29. The molecule has 0 saturated carbocycles. The molecule has 96 valence electrons. The standard InChI is InChI=1S/C12H14N2O2S2/c1-2-16-12(15)10(11-13-5-7-18-11)14-8-9-4-3-6-17-9/h3-7,10,14H,2,8H2,1H3. The van der Waals surface area contributed by atoms with E-state index in [9.17, 15) is 4.79 Å². The Kier molecular flexibility index (Phi) is 4.86. The Morgan fingerprint density at radius 1 is 1.50 bits per heavy atom. The molecule has 0 amide bonds. The lowest BCUT2D eigenvalue weighted by atomic mass is 10.3. The number of carbonyl (C=O) groups is 1. The molecule has 1 N–H and O–H groups in total. The number of rotatable bonds is 6. The first-order valence-electron chi connectivity index (χ1n) is 5.63. The van der Waals surface area contributed by atoms with Gasteiger partial charge in [-0.1, -0.05) is 6.07 Å². The normalized spacial score (nSPS) is 12.3. The number of thiophene rings is 1. The molecule has 0 aromatic carbocycles. The van der Waals surface area contributed by atoms with E-state index in [-0.39, 0.29) is 5.97 Å². The summed E-state index contributed by atoms with van der Waals surface area (Å²) in [5.74, 6) is -0.274. The van der Waals surface area contributed by atoms with Crippen molar-refractivity contribution in [1.82, 2.24) is 10.3 Å². The Morgan fingerprint density at radius 2 is 2.39 bits per heavy atom. The SMILES string of the molecule is CCOC(=O)C(NCc1cccs1)c1nccs1. The highest BCUT2D eigenvalue weighted by Gasteiger charge is 2.23. The van der Waals surface area contributed by atoms with Gasteiger partial charge in [0.2, 0.25) is 0 Å². The molecule has 0 bridgehead atoms. The van der Waals surface area contributed by atoms with E-state index in [0.717, 1.165) is 5.01 Å². The second-order valence-corrected chi connectivity index (χ2v) is 5.47. The first-order valence-corrected chi connectivity index (χ1v) is 7.39. The summed E-state index contributed by atoms with van der Waals surface area (Å²) < 4.78 is 5.07. The molecule has 18 heavy (non-hydrogen) atoms. The van der Waals surface area contributed by atoms with Crippen LogP contribution in [-0.4, -0.2) is 17.6 Å². The average molecular weight is 282 g/mol. The van der Waals surface area contributed by atoms with Crippen molar-refractivity contribution in [1.29, 1.82) is 0 Å². The predicted octanol–water partition coefficient (Wildman–Crippen LogP) is 2.60. The smallest absolute Gasteiger partial charge is 0.330 e. The van der Waals surface area contributed by atoms with Crippen molar-refractivity contribution in [2.24, 2.45) is 0 Å². The Labute approximate surface area is 114 Å². The van der Waals surface area contributed by atoms with Gasteiger partial charge in [0.25, 0.3) is 0 Å². The number of ether oxygens (including phenoxy) is 1. The lowest BCUT2D eigenvalue weighted by Gasteiger charge is -2.14. The van der Waals surface area contributed by atoms with Crippen molar-refractivity contribution in [3.8, 4) is 0 Å². The molecule has 2 aromatic heterocycles. The number of nitrogens with one attached hydrogen (secondary N) is 1. The van der Waals surface area contributed by atoms with Crippen LogP contribution in [0.5, 0.6) is 0 Å². The quantitative estimate of drug-likeness (QED) is 0.827. The molecule has 0 spiro atoms. The number of nitrogens with zero attached hydrogens (tertiary/aromatic N) is 1. The van der Waals surface area contributed by atoms with Gasteiger partial charge < -0.3 is 4.74 Å². The molecule has 4 nitrogen and oxygen atoms in total. The zero-order valence-electron chi connectivity index (χ0n) is 9.96. The van der Waals surface area contributed by atoms with Gasteiger partial charge in [-0.15, -0.1) is 22.7 Å². The van der Waals surface area contributed by atoms with Crippen LogP contribution >= 0.6 is 22.7 Å². The molecule has 2 rings (SSSR count). The molecule has 0 aliphatic heterocycles. The minimum Gasteiger partial charge on any atom is -0.465 e. The summed E-state index contributed by atoms with van der Waals surface area (Å²) in [6.45, 7) is 2.82. The molecule has 6 heteroatoms. The van der Waals surface area contributed by atoms with Gasteiger partial charge in [-0.2, -0.15) is 0 Å². The van der Waals surface area contributed by atoms with Crippen molar-refractivity contribution in [2.45, 2.75) is 19.5 Å². The Hall–Kier alpha value is -1.24. The highest BCUT2D eigenvalue weighted by molar-refractivity contribution is 7.10. The van der Waals surface area contributed by atoms with E-state index >= 15 is 0 Å². The largest absolute Gasteiger partial charge is 0.465 e. The number of esters is 1. The number of hydrogen-bond acceptors (Lipinski definition) is 6. The zero-order chi connectivity index (χ0) is 12.8. The topological polar surface area (TPSA) is 51.2 Å². The minimum atomic E-state index is -0.480. The van der Waals surface area contributed by atoms with Crippen LogP contribution in [0.2, 0.25) is 0 Å². The van der Waals surface area contributed by atoms with Crippen molar-refractivity contribution in [2.75, 3.05) is 6.61 Å². The van der Waals surface area contributed by atoms with Gasteiger partial charge in [0, 0.05) is 23.0 Å². The third-order valence-electron chi connectivity index (χ3n) is 2.28. The summed E-state index contributed by atoms with van der Waals surface area (Å²) in [7, 11) is 0. The monoisotopic (exact) mass is 282 g/mol. The van der Waals surface area contributed by atoms with Crippen LogP contribution < -0.4 is 5.32 Å². The summed E-state index contributed by atoms with van der Waals surface area (Å²) in [5.41, 5.74) is 0. The molecule has 0 fully saturated rings. The zero-order valence-corrected chi connectivity index (χ0v) is 11.6. The summed E-state index contributed by atoms with van der Waals surface area (Å²) in [6, 6.07) is 3.54. The highest BCUT2D eigenvalue weighted by atomic mass is 32.1. The third kappa shape index (κ3) is 3.38. The first kappa shape index (κ1) is 13.2. The number of thiazole rings is 1. The molecule has 0 radical (unpaired) electrons. The van der Waals surface area contributed by atoms with E-state index in [4.69, 9.17) is 4.74 Å². The van der Waals surface area contributed by atoms with Crippen LogP contribution in [0.15, 0.2) is 29.1 Å². The van der Waals surface area contributed by atoms with Crippen LogP contribution in [0.1, 0.15) is 22.9 Å². The maximum atomic E-state index is 11.9. The van der Waals surface area contributed by atoms with Gasteiger partial charge in [0.05, 0.1) is 6.61 Å². The lowest BCUT2D eigenvalue weighted by molar-refractivity contribution is -0.145. The van der Waals surface area contributed by atoms with Crippen LogP contribution in [-0.2, 0) is 16.1 Å². The second kappa shape index (κ2) is 6.63. The molecule has 1 unspecified atom stereocenters. The maximum Gasteiger partial charge on any atom is 0.330 e. The molecule has 0 aliphatic rings. The van der Waals surface area contributed by atoms with E-state index < -0.39 is 6.04 Å². The van der Waals surface area contributed by atoms with Gasteiger partial charge in [0.1, 0.15) is 5.01 Å². The summed E-state index contributed by atoms with van der Waals surface area (Å²) in [5, 5.41) is 7.80. The summed E-state index contributed by atoms with van der Waals surface area (Å²) in [4.78, 5) is 17.2. The number of hydrogen-bond donors (Lipinski definition) is 1. The molecule has 0 aliphatic carbocycles. The van der Waals surface area contributed by atoms with Gasteiger partial charge in [-0.3, -0.25) is 5.32 Å². The van der Waals surface area contributed by atoms with E-state index in [1.54, 1.807) is 24.5 Å². The second-order valence-electron chi connectivity index (χ2n) is 3.52. The van der Waals surface area contributed by atoms with Crippen molar-refractivity contribution in [3.05, 3.63) is 39.0 Å². The van der Waals surface area contributed by atoms with Crippen LogP contribution in [0.25, 0.3) is 0 Å². The van der Waals surface area contributed by atoms with Gasteiger partial charge >= 0.3 is 5.97 Å². The van der Waals surface area contributed by atoms with Crippen LogP contribution in [0.4, 0.5) is 0 Å². The van der Waals surface area contributed by atoms with E-state index in [2.05, 4.69) is 10.3 Å². The van der Waals surface area contributed by atoms with E-state index in [1.807, 2.05) is 22.9 Å². The van der Waals surface area contributed by atoms with E-state index in [0.29, 0.717) is 13.2 Å². The summed E-state index contributed by atoms with van der Waals surface area (Å²) >= 11 is 3.11. The molecular weight excluding hydrogens is 268 g/mol.